The molecule has 0 saturated heterocycles. The highest BCUT2D eigenvalue weighted by Gasteiger charge is 2.26. The van der Waals surface area contributed by atoms with Gasteiger partial charge in [0, 0.05) is 6.42 Å². The van der Waals surface area contributed by atoms with Gasteiger partial charge in [-0.05, 0) is 18.4 Å². The molecule has 6 heteroatoms. The van der Waals surface area contributed by atoms with Crippen LogP contribution in [0.25, 0.3) is 0 Å². The zero-order valence-corrected chi connectivity index (χ0v) is 12.6. The molecule has 1 heterocycles. The Labute approximate surface area is 129 Å². The lowest BCUT2D eigenvalue weighted by atomic mass is 10.1. The van der Waals surface area contributed by atoms with E-state index in [-0.39, 0.29) is 18.4 Å². The van der Waals surface area contributed by atoms with E-state index < -0.39 is 12.1 Å². The SMILES string of the molecule is CCCOC1=NC(=O)CCC1NC(=O)OCc1ccccc1. The second-order valence-corrected chi connectivity index (χ2v) is 4.99. The summed E-state index contributed by atoms with van der Waals surface area (Å²) >= 11 is 0. The highest BCUT2D eigenvalue weighted by molar-refractivity contribution is 5.98. The molecule has 2 rings (SSSR count). The molecule has 1 aromatic rings. The van der Waals surface area contributed by atoms with Gasteiger partial charge >= 0.3 is 6.09 Å². The molecule has 2 amide bonds. The molecule has 0 radical (unpaired) electrons. The Morgan fingerprint density at radius 1 is 1.36 bits per heavy atom. The van der Waals surface area contributed by atoms with Crippen LogP contribution >= 0.6 is 0 Å². The van der Waals surface area contributed by atoms with E-state index in [9.17, 15) is 9.59 Å². The number of ether oxygens (including phenoxy) is 2. The van der Waals surface area contributed by atoms with E-state index in [4.69, 9.17) is 9.47 Å². The molecule has 22 heavy (non-hydrogen) atoms. The van der Waals surface area contributed by atoms with Gasteiger partial charge in [0.15, 0.2) is 0 Å². The monoisotopic (exact) mass is 304 g/mol. The molecule has 1 aliphatic rings. The maximum Gasteiger partial charge on any atom is 0.408 e. The summed E-state index contributed by atoms with van der Waals surface area (Å²) in [6.07, 6.45) is 1.03. The van der Waals surface area contributed by atoms with Crippen LogP contribution in [0.15, 0.2) is 35.3 Å². The maximum atomic E-state index is 11.9. The van der Waals surface area contributed by atoms with Crippen LogP contribution in [-0.2, 0) is 20.9 Å². The molecular weight excluding hydrogens is 284 g/mol. The fourth-order valence-electron chi connectivity index (χ4n) is 2.03. The van der Waals surface area contributed by atoms with Crippen molar-refractivity contribution < 1.29 is 19.1 Å². The summed E-state index contributed by atoms with van der Waals surface area (Å²) in [7, 11) is 0. The minimum absolute atomic E-state index is 0.195. The van der Waals surface area contributed by atoms with E-state index in [0.717, 1.165) is 12.0 Å². The second kappa shape index (κ2) is 8.17. The lowest BCUT2D eigenvalue weighted by molar-refractivity contribution is -0.118. The fraction of sp³-hybridized carbons (Fsp3) is 0.438. The molecule has 1 aromatic carbocycles. The zero-order valence-electron chi connectivity index (χ0n) is 12.6. The van der Waals surface area contributed by atoms with Crippen molar-refractivity contribution in [3.63, 3.8) is 0 Å². The number of aliphatic imine (C=N–C) groups is 1. The Hall–Kier alpha value is -2.37. The highest BCUT2D eigenvalue weighted by Crippen LogP contribution is 2.11. The lowest BCUT2D eigenvalue weighted by Crippen LogP contribution is -2.44. The predicted molar refractivity (Wildman–Crippen MR) is 81.5 cm³/mol. The minimum Gasteiger partial charge on any atom is -0.479 e. The number of rotatable bonds is 5. The molecule has 0 fully saturated rings. The summed E-state index contributed by atoms with van der Waals surface area (Å²) in [6.45, 7) is 2.62. The van der Waals surface area contributed by atoms with Crippen molar-refractivity contribution >= 4 is 17.9 Å². The highest BCUT2D eigenvalue weighted by atomic mass is 16.5. The molecule has 0 aliphatic carbocycles. The average molecular weight is 304 g/mol. The number of amides is 2. The normalized spacial score (nSPS) is 17.6. The maximum absolute atomic E-state index is 11.9. The van der Waals surface area contributed by atoms with Crippen molar-refractivity contribution in [2.24, 2.45) is 4.99 Å². The first-order chi connectivity index (χ1) is 10.7. The van der Waals surface area contributed by atoms with Crippen molar-refractivity contribution in [1.29, 1.82) is 0 Å². The Morgan fingerprint density at radius 3 is 2.86 bits per heavy atom. The molecule has 6 nitrogen and oxygen atoms in total. The van der Waals surface area contributed by atoms with E-state index in [1.54, 1.807) is 0 Å². The van der Waals surface area contributed by atoms with Crippen LogP contribution in [0.3, 0.4) is 0 Å². The van der Waals surface area contributed by atoms with Crippen LogP contribution in [0, 0.1) is 0 Å². The van der Waals surface area contributed by atoms with E-state index in [0.29, 0.717) is 19.4 Å². The number of nitrogens with zero attached hydrogens (tertiary/aromatic N) is 1. The number of alkyl carbamates (subject to hydrolysis) is 1. The summed E-state index contributed by atoms with van der Waals surface area (Å²) in [5.74, 6) is 0.0524. The van der Waals surface area contributed by atoms with Gasteiger partial charge in [-0.15, -0.1) is 0 Å². The first-order valence-corrected chi connectivity index (χ1v) is 7.40. The number of nitrogens with one attached hydrogen (secondary N) is 1. The summed E-state index contributed by atoms with van der Waals surface area (Å²) < 4.78 is 10.6. The zero-order chi connectivity index (χ0) is 15.8. The third kappa shape index (κ3) is 4.87. The van der Waals surface area contributed by atoms with Gasteiger partial charge in [0.25, 0.3) is 0 Å². The van der Waals surface area contributed by atoms with Crippen molar-refractivity contribution in [3.05, 3.63) is 35.9 Å². The molecular formula is C16H20N2O4. The van der Waals surface area contributed by atoms with Crippen LogP contribution in [0.2, 0.25) is 0 Å². The summed E-state index contributed by atoms with van der Waals surface area (Å²) in [5, 5.41) is 2.70. The topological polar surface area (TPSA) is 77.0 Å². The van der Waals surface area contributed by atoms with Crippen molar-refractivity contribution in [2.75, 3.05) is 6.61 Å². The van der Waals surface area contributed by atoms with E-state index in [1.807, 2.05) is 37.3 Å². The minimum atomic E-state index is -0.545. The second-order valence-electron chi connectivity index (χ2n) is 4.99. The lowest BCUT2D eigenvalue weighted by Gasteiger charge is -2.23. The summed E-state index contributed by atoms with van der Waals surface area (Å²) in [5.41, 5.74) is 0.910. The van der Waals surface area contributed by atoms with Gasteiger partial charge in [0.1, 0.15) is 12.6 Å². The van der Waals surface area contributed by atoms with Crippen molar-refractivity contribution in [3.8, 4) is 0 Å². The van der Waals surface area contributed by atoms with Gasteiger partial charge in [0.2, 0.25) is 11.8 Å². The van der Waals surface area contributed by atoms with Crippen LogP contribution in [0.4, 0.5) is 4.79 Å². The third-order valence-corrected chi connectivity index (χ3v) is 3.14. The fourth-order valence-corrected chi connectivity index (χ4v) is 2.03. The van der Waals surface area contributed by atoms with Gasteiger partial charge in [-0.1, -0.05) is 37.3 Å². The molecule has 0 bridgehead atoms. The van der Waals surface area contributed by atoms with Gasteiger partial charge in [-0.3, -0.25) is 4.79 Å². The van der Waals surface area contributed by atoms with E-state index >= 15 is 0 Å². The van der Waals surface area contributed by atoms with Crippen molar-refractivity contribution in [2.45, 2.75) is 38.8 Å². The number of hydrogen-bond acceptors (Lipinski definition) is 4. The van der Waals surface area contributed by atoms with Crippen LogP contribution < -0.4 is 5.32 Å². The predicted octanol–water partition coefficient (Wildman–Crippen LogP) is 2.43. The summed E-state index contributed by atoms with van der Waals surface area (Å²) in [4.78, 5) is 27.1. The molecule has 1 aliphatic heterocycles. The molecule has 0 aromatic heterocycles. The Morgan fingerprint density at radius 2 is 2.14 bits per heavy atom. The first kappa shape index (κ1) is 16.0. The number of carbonyl (C=O) groups is 2. The number of carbonyl (C=O) groups excluding carboxylic acids is 2. The van der Waals surface area contributed by atoms with E-state index in [1.165, 1.54) is 0 Å². The van der Waals surface area contributed by atoms with Gasteiger partial charge in [-0.25, -0.2) is 4.79 Å². The molecule has 0 spiro atoms. The van der Waals surface area contributed by atoms with Crippen LogP contribution in [-0.4, -0.2) is 30.5 Å². The van der Waals surface area contributed by atoms with Crippen molar-refractivity contribution in [1.82, 2.24) is 5.32 Å². The number of benzene rings is 1. The summed E-state index contributed by atoms with van der Waals surface area (Å²) in [6, 6.07) is 9.01. The Kier molecular flexibility index (Phi) is 5.94. The Balaban J connectivity index is 1.86. The molecule has 0 saturated carbocycles. The standard InChI is InChI=1S/C16H20N2O4/c1-2-10-21-15-13(8-9-14(19)18-15)17-16(20)22-11-12-6-4-3-5-7-12/h3-7,13H,2,8-11H2,1H3,(H,17,20). The molecule has 1 N–H and O–H groups in total. The largest absolute Gasteiger partial charge is 0.479 e. The van der Waals surface area contributed by atoms with Gasteiger partial charge in [0.05, 0.1) is 6.61 Å². The molecule has 118 valence electrons. The smallest absolute Gasteiger partial charge is 0.408 e. The molecule has 1 atom stereocenters. The van der Waals surface area contributed by atoms with Crippen LogP contribution in [0.1, 0.15) is 31.7 Å². The van der Waals surface area contributed by atoms with Crippen LogP contribution in [0.5, 0.6) is 0 Å². The van der Waals surface area contributed by atoms with E-state index in [2.05, 4.69) is 10.3 Å². The first-order valence-electron chi connectivity index (χ1n) is 7.40. The third-order valence-electron chi connectivity index (χ3n) is 3.14. The number of hydrogen-bond donors (Lipinski definition) is 1. The quantitative estimate of drug-likeness (QED) is 0.906. The Bertz CT molecular complexity index is 542. The average Bonchev–Trinajstić information content (AvgIpc) is 2.54. The molecule has 1 unspecified atom stereocenters. The van der Waals surface area contributed by atoms with Gasteiger partial charge in [-0.2, -0.15) is 4.99 Å². The van der Waals surface area contributed by atoms with Gasteiger partial charge < -0.3 is 14.8 Å².